The third-order valence-electron chi connectivity index (χ3n) is 3.10. The van der Waals surface area contributed by atoms with Crippen LogP contribution in [0.25, 0.3) is 0 Å². The average Bonchev–Trinajstić information content (AvgIpc) is 2.37. The first-order valence-electron chi connectivity index (χ1n) is 6.41. The number of rotatable bonds is 4. The first kappa shape index (κ1) is 15.3. The van der Waals surface area contributed by atoms with Crippen LogP contribution in [-0.4, -0.2) is 14.7 Å². The molecule has 2 aromatic rings. The number of aldehydes is 1. The summed E-state index contributed by atoms with van der Waals surface area (Å²) in [6.45, 7) is 5.35. The van der Waals surface area contributed by atoms with Crippen LogP contribution < -0.4 is 4.18 Å². The Balaban J connectivity index is 2.51. The van der Waals surface area contributed by atoms with Gasteiger partial charge in [-0.3, -0.25) is 4.79 Å². The molecule has 0 spiro atoms. The lowest BCUT2D eigenvalue weighted by molar-refractivity contribution is 0.112. The van der Waals surface area contributed by atoms with E-state index in [1.54, 1.807) is 38.1 Å². The lowest BCUT2D eigenvalue weighted by Crippen LogP contribution is -2.14. The molecule has 0 atom stereocenters. The zero-order valence-corrected chi connectivity index (χ0v) is 12.9. The molecule has 0 radical (unpaired) electrons. The molecule has 0 saturated carbocycles. The summed E-state index contributed by atoms with van der Waals surface area (Å²) in [6, 6.07) is 9.80. The second-order valence-electron chi connectivity index (χ2n) is 4.92. The van der Waals surface area contributed by atoms with E-state index in [4.69, 9.17) is 4.18 Å². The second-order valence-corrected chi connectivity index (χ2v) is 6.40. The zero-order chi connectivity index (χ0) is 15.6. The van der Waals surface area contributed by atoms with Gasteiger partial charge in [-0.1, -0.05) is 29.8 Å². The molecule has 0 aliphatic carbocycles. The van der Waals surface area contributed by atoms with Gasteiger partial charge in [0.2, 0.25) is 0 Å². The lowest BCUT2D eigenvalue weighted by Gasteiger charge is -2.13. The van der Waals surface area contributed by atoms with Crippen molar-refractivity contribution in [3.8, 4) is 5.75 Å². The maximum atomic E-state index is 12.5. The Hall–Kier alpha value is -2.14. The topological polar surface area (TPSA) is 60.4 Å². The fraction of sp³-hybridized carbons (Fsp3) is 0.188. The van der Waals surface area contributed by atoms with Gasteiger partial charge in [-0.15, -0.1) is 0 Å². The van der Waals surface area contributed by atoms with Gasteiger partial charge in [0, 0.05) is 0 Å². The minimum atomic E-state index is -3.98. The molecular formula is C16H16O4S. The van der Waals surface area contributed by atoms with Gasteiger partial charge in [0.05, 0.1) is 5.56 Å². The summed E-state index contributed by atoms with van der Waals surface area (Å²) in [5.74, 6) is 0.0341. The standard InChI is InChI=1S/C16H16O4S/c1-11-8-12(2)16(13(3)9-11)21(18,19)20-15-7-5-4-6-14(15)10-17/h4-10H,1-3H3. The number of hydrogen-bond donors (Lipinski definition) is 0. The van der Waals surface area contributed by atoms with Crippen molar-refractivity contribution in [2.75, 3.05) is 0 Å². The van der Waals surface area contributed by atoms with Crippen LogP contribution in [0.3, 0.4) is 0 Å². The highest BCUT2D eigenvalue weighted by Crippen LogP contribution is 2.26. The molecule has 0 saturated heterocycles. The van der Waals surface area contributed by atoms with E-state index in [1.165, 1.54) is 12.1 Å². The Bertz CT molecular complexity index is 769. The molecule has 0 aliphatic heterocycles. The number of carbonyl (C=O) groups is 1. The van der Waals surface area contributed by atoms with Crippen molar-refractivity contribution in [2.24, 2.45) is 0 Å². The quantitative estimate of drug-likeness (QED) is 0.643. The summed E-state index contributed by atoms with van der Waals surface area (Å²) in [5, 5.41) is 0. The van der Waals surface area contributed by atoms with Crippen LogP contribution in [-0.2, 0) is 10.1 Å². The van der Waals surface area contributed by atoms with Crippen molar-refractivity contribution < 1.29 is 17.4 Å². The van der Waals surface area contributed by atoms with Crippen LogP contribution in [0.15, 0.2) is 41.3 Å². The average molecular weight is 304 g/mol. The maximum Gasteiger partial charge on any atom is 0.339 e. The van der Waals surface area contributed by atoms with E-state index < -0.39 is 10.1 Å². The summed E-state index contributed by atoms with van der Waals surface area (Å²) in [7, 11) is -3.98. The van der Waals surface area contributed by atoms with Gasteiger partial charge in [-0.2, -0.15) is 8.42 Å². The minimum absolute atomic E-state index is 0.0341. The van der Waals surface area contributed by atoms with E-state index in [0.717, 1.165) is 5.56 Å². The third kappa shape index (κ3) is 3.13. The molecule has 0 fully saturated rings. The third-order valence-corrected chi connectivity index (χ3v) is 4.64. The number of para-hydroxylation sites is 1. The molecule has 4 nitrogen and oxygen atoms in total. The first-order valence-corrected chi connectivity index (χ1v) is 7.82. The Morgan fingerprint density at radius 1 is 1.00 bits per heavy atom. The van der Waals surface area contributed by atoms with E-state index in [1.807, 2.05) is 6.92 Å². The normalized spacial score (nSPS) is 11.2. The fourth-order valence-corrected chi connectivity index (χ4v) is 3.75. The minimum Gasteiger partial charge on any atom is -0.378 e. The molecule has 5 heteroatoms. The van der Waals surface area contributed by atoms with Gasteiger partial charge in [-0.05, 0) is 44.0 Å². The molecule has 0 N–H and O–H groups in total. The molecule has 0 heterocycles. The summed E-state index contributed by atoms with van der Waals surface area (Å²) in [5.41, 5.74) is 2.42. The van der Waals surface area contributed by atoms with Crippen LogP contribution in [0, 0.1) is 20.8 Å². The van der Waals surface area contributed by atoms with E-state index >= 15 is 0 Å². The van der Waals surface area contributed by atoms with Crippen molar-refractivity contribution in [1.29, 1.82) is 0 Å². The summed E-state index contributed by atoms with van der Waals surface area (Å²) in [4.78, 5) is 11.1. The SMILES string of the molecule is Cc1cc(C)c(S(=O)(=O)Oc2ccccc2C=O)c(C)c1. The number of carbonyl (C=O) groups excluding carboxylic acids is 1. The highest BCUT2D eigenvalue weighted by atomic mass is 32.2. The predicted octanol–water partition coefficient (Wildman–Crippen LogP) is 3.19. The largest absolute Gasteiger partial charge is 0.378 e. The molecule has 0 unspecified atom stereocenters. The molecule has 2 aromatic carbocycles. The lowest BCUT2D eigenvalue weighted by atomic mass is 10.1. The summed E-state index contributed by atoms with van der Waals surface area (Å²) < 4.78 is 30.1. The Kier molecular flexibility index (Phi) is 4.14. The van der Waals surface area contributed by atoms with Crippen LogP contribution in [0.1, 0.15) is 27.0 Å². The van der Waals surface area contributed by atoms with Gasteiger partial charge in [0.1, 0.15) is 4.90 Å². The molecule has 2 rings (SSSR count). The van der Waals surface area contributed by atoms with Gasteiger partial charge < -0.3 is 4.18 Å². The van der Waals surface area contributed by atoms with E-state index in [0.29, 0.717) is 17.4 Å². The smallest absolute Gasteiger partial charge is 0.339 e. The molecule has 21 heavy (non-hydrogen) atoms. The van der Waals surface area contributed by atoms with Crippen molar-refractivity contribution in [3.63, 3.8) is 0 Å². The Labute approximate surface area is 124 Å². The fourth-order valence-electron chi connectivity index (χ4n) is 2.37. The number of aryl methyl sites for hydroxylation is 3. The first-order chi connectivity index (χ1) is 9.85. The van der Waals surface area contributed by atoms with Crippen LogP contribution in [0.2, 0.25) is 0 Å². The second kappa shape index (κ2) is 5.69. The highest BCUT2D eigenvalue weighted by Gasteiger charge is 2.23. The van der Waals surface area contributed by atoms with Gasteiger partial charge in [0.15, 0.2) is 12.0 Å². The van der Waals surface area contributed by atoms with Crippen molar-refractivity contribution >= 4 is 16.4 Å². The van der Waals surface area contributed by atoms with E-state index in [9.17, 15) is 13.2 Å². The Morgan fingerprint density at radius 3 is 2.14 bits per heavy atom. The molecule has 110 valence electrons. The van der Waals surface area contributed by atoms with Crippen LogP contribution in [0.4, 0.5) is 0 Å². The van der Waals surface area contributed by atoms with Crippen LogP contribution >= 0.6 is 0 Å². The summed E-state index contributed by atoms with van der Waals surface area (Å²) in [6.07, 6.45) is 0.569. The van der Waals surface area contributed by atoms with Gasteiger partial charge in [0.25, 0.3) is 0 Å². The van der Waals surface area contributed by atoms with E-state index in [-0.39, 0.29) is 16.2 Å². The van der Waals surface area contributed by atoms with Crippen molar-refractivity contribution in [2.45, 2.75) is 25.7 Å². The van der Waals surface area contributed by atoms with E-state index in [2.05, 4.69) is 0 Å². The number of hydrogen-bond acceptors (Lipinski definition) is 4. The monoisotopic (exact) mass is 304 g/mol. The maximum absolute atomic E-state index is 12.5. The van der Waals surface area contributed by atoms with Crippen LogP contribution in [0.5, 0.6) is 5.75 Å². The molecule has 0 amide bonds. The van der Waals surface area contributed by atoms with Crippen molar-refractivity contribution in [3.05, 3.63) is 58.7 Å². The Morgan fingerprint density at radius 2 is 1.57 bits per heavy atom. The van der Waals surface area contributed by atoms with Gasteiger partial charge in [-0.25, -0.2) is 0 Å². The molecule has 0 aromatic heterocycles. The number of benzene rings is 2. The van der Waals surface area contributed by atoms with Crippen molar-refractivity contribution in [1.82, 2.24) is 0 Å². The predicted molar refractivity (Wildman–Crippen MR) is 80.3 cm³/mol. The molecule has 0 aliphatic rings. The van der Waals surface area contributed by atoms with Gasteiger partial charge >= 0.3 is 10.1 Å². The molecular weight excluding hydrogens is 288 g/mol. The summed E-state index contributed by atoms with van der Waals surface area (Å²) >= 11 is 0. The zero-order valence-electron chi connectivity index (χ0n) is 12.1. The molecule has 0 bridgehead atoms. The highest BCUT2D eigenvalue weighted by molar-refractivity contribution is 7.87.